The molecule has 0 aliphatic heterocycles. The molecule has 0 amide bonds. The summed E-state index contributed by atoms with van der Waals surface area (Å²) in [5.74, 6) is -0.257. The number of benzene rings is 1. The van der Waals surface area contributed by atoms with Gasteiger partial charge >= 0.3 is 6.36 Å². The minimum atomic E-state index is -4.67. The SMILES string of the molecule is C=CN(C(=C)C)c1ccc(OC(F)(F)F)cc1. The number of ether oxygens (including phenoxy) is 1. The quantitative estimate of drug-likeness (QED) is 0.790. The van der Waals surface area contributed by atoms with Gasteiger partial charge in [0.1, 0.15) is 5.75 Å². The molecular weight excluding hydrogens is 231 g/mol. The van der Waals surface area contributed by atoms with E-state index < -0.39 is 6.36 Å². The highest BCUT2D eigenvalue weighted by Crippen LogP contribution is 2.26. The monoisotopic (exact) mass is 243 g/mol. The molecule has 0 spiro atoms. The molecule has 1 rings (SSSR count). The molecule has 0 aliphatic carbocycles. The second-order valence-electron chi connectivity index (χ2n) is 3.33. The van der Waals surface area contributed by atoms with Gasteiger partial charge in [0.2, 0.25) is 0 Å². The lowest BCUT2D eigenvalue weighted by Gasteiger charge is -2.20. The first-order valence-corrected chi connectivity index (χ1v) is 4.76. The predicted octanol–water partition coefficient (Wildman–Crippen LogP) is 4.07. The average molecular weight is 243 g/mol. The molecule has 0 N–H and O–H groups in total. The van der Waals surface area contributed by atoms with Gasteiger partial charge in [-0.2, -0.15) is 0 Å². The van der Waals surface area contributed by atoms with Crippen LogP contribution in [0.3, 0.4) is 0 Å². The van der Waals surface area contributed by atoms with Crippen LogP contribution in [0.2, 0.25) is 0 Å². The normalized spacial score (nSPS) is 10.8. The first kappa shape index (κ1) is 13.2. The van der Waals surface area contributed by atoms with E-state index in [0.29, 0.717) is 11.4 Å². The van der Waals surface area contributed by atoms with Crippen LogP contribution in [-0.4, -0.2) is 6.36 Å². The lowest BCUT2D eigenvalue weighted by Crippen LogP contribution is -2.17. The molecule has 2 nitrogen and oxygen atoms in total. The van der Waals surface area contributed by atoms with Crippen molar-refractivity contribution < 1.29 is 17.9 Å². The zero-order valence-corrected chi connectivity index (χ0v) is 9.29. The maximum absolute atomic E-state index is 11.9. The largest absolute Gasteiger partial charge is 0.573 e. The van der Waals surface area contributed by atoms with Gasteiger partial charge in [-0.3, -0.25) is 0 Å². The van der Waals surface area contributed by atoms with E-state index in [1.54, 1.807) is 11.8 Å². The third kappa shape index (κ3) is 3.86. The van der Waals surface area contributed by atoms with E-state index in [1.165, 1.54) is 30.5 Å². The highest BCUT2D eigenvalue weighted by Gasteiger charge is 2.30. The first-order chi connectivity index (χ1) is 7.83. The second-order valence-corrected chi connectivity index (χ2v) is 3.33. The van der Waals surface area contributed by atoms with Crippen molar-refractivity contribution in [1.29, 1.82) is 0 Å². The van der Waals surface area contributed by atoms with Crippen molar-refractivity contribution in [2.75, 3.05) is 4.90 Å². The van der Waals surface area contributed by atoms with Crippen molar-refractivity contribution in [3.8, 4) is 5.75 Å². The van der Waals surface area contributed by atoms with Gasteiger partial charge < -0.3 is 9.64 Å². The summed E-state index contributed by atoms with van der Waals surface area (Å²) in [6.45, 7) is 9.09. The molecule has 92 valence electrons. The van der Waals surface area contributed by atoms with E-state index in [1.807, 2.05) is 0 Å². The van der Waals surface area contributed by atoms with Crippen LogP contribution in [-0.2, 0) is 0 Å². The second kappa shape index (κ2) is 4.95. The van der Waals surface area contributed by atoms with E-state index in [9.17, 15) is 13.2 Å². The summed E-state index contributed by atoms with van der Waals surface area (Å²) >= 11 is 0. The van der Waals surface area contributed by atoms with Gasteiger partial charge in [-0.05, 0) is 31.2 Å². The van der Waals surface area contributed by atoms with Gasteiger partial charge in [0.05, 0.1) is 0 Å². The highest BCUT2D eigenvalue weighted by molar-refractivity contribution is 5.55. The Kier molecular flexibility index (Phi) is 3.83. The van der Waals surface area contributed by atoms with E-state index >= 15 is 0 Å². The molecular formula is C12H12F3NO. The first-order valence-electron chi connectivity index (χ1n) is 4.76. The highest BCUT2D eigenvalue weighted by atomic mass is 19.4. The number of rotatable bonds is 4. The molecule has 0 heterocycles. The van der Waals surface area contributed by atoms with Crippen molar-refractivity contribution in [2.45, 2.75) is 13.3 Å². The molecule has 0 aliphatic rings. The van der Waals surface area contributed by atoms with Crippen molar-refractivity contribution in [3.05, 3.63) is 49.3 Å². The lowest BCUT2D eigenvalue weighted by atomic mass is 10.2. The molecule has 0 aromatic heterocycles. The summed E-state index contributed by atoms with van der Waals surface area (Å²) in [4.78, 5) is 1.65. The van der Waals surface area contributed by atoms with Crippen LogP contribution in [0.4, 0.5) is 18.9 Å². The molecule has 0 radical (unpaired) electrons. The summed E-state index contributed by atoms with van der Waals surface area (Å²) in [6.07, 6.45) is -3.14. The zero-order valence-electron chi connectivity index (χ0n) is 9.29. The van der Waals surface area contributed by atoms with Crippen molar-refractivity contribution in [3.63, 3.8) is 0 Å². The molecule has 0 fully saturated rings. The maximum Gasteiger partial charge on any atom is 0.573 e. The van der Waals surface area contributed by atoms with Crippen LogP contribution in [0.1, 0.15) is 6.92 Å². The number of hydrogen-bond acceptors (Lipinski definition) is 2. The summed E-state index contributed by atoms with van der Waals surface area (Å²) in [6, 6.07) is 5.47. The number of allylic oxidation sites excluding steroid dienone is 1. The number of nitrogens with zero attached hydrogens (tertiary/aromatic N) is 1. The smallest absolute Gasteiger partial charge is 0.406 e. The Bertz CT molecular complexity index is 409. The van der Waals surface area contributed by atoms with Crippen LogP contribution in [0.5, 0.6) is 5.75 Å². The minimum Gasteiger partial charge on any atom is -0.406 e. The Hall–Kier alpha value is -1.91. The van der Waals surface area contributed by atoms with Crippen LogP contribution in [0.15, 0.2) is 49.3 Å². The Morgan fingerprint density at radius 3 is 2.18 bits per heavy atom. The number of anilines is 1. The summed E-state index contributed by atoms with van der Waals surface area (Å²) in [5.41, 5.74) is 1.38. The fraction of sp³-hybridized carbons (Fsp3) is 0.167. The Morgan fingerprint density at radius 2 is 1.82 bits per heavy atom. The van der Waals surface area contributed by atoms with Gasteiger partial charge in [0.25, 0.3) is 0 Å². The number of alkyl halides is 3. The van der Waals surface area contributed by atoms with Crippen LogP contribution in [0.25, 0.3) is 0 Å². The fourth-order valence-electron chi connectivity index (χ4n) is 1.29. The molecule has 1 aromatic carbocycles. The maximum atomic E-state index is 11.9. The summed E-state index contributed by atoms with van der Waals surface area (Å²) < 4.78 is 39.6. The molecule has 0 saturated heterocycles. The van der Waals surface area contributed by atoms with E-state index in [0.717, 1.165) is 0 Å². The number of hydrogen-bond donors (Lipinski definition) is 0. The van der Waals surface area contributed by atoms with E-state index in [-0.39, 0.29) is 5.75 Å². The summed E-state index contributed by atoms with van der Waals surface area (Å²) in [5, 5.41) is 0. The molecule has 5 heteroatoms. The van der Waals surface area contributed by atoms with Gasteiger partial charge in [-0.15, -0.1) is 13.2 Å². The van der Waals surface area contributed by atoms with E-state index in [4.69, 9.17) is 0 Å². The molecule has 0 bridgehead atoms. The molecule has 0 atom stereocenters. The van der Waals surface area contributed by atoms with Gasteiger partial charge in [0, 0.05) is 17.6 Å². The zero-order chi connectivity index (χ0) is 13.1. The third-order valence-electron chi connectivity index (χ3n) is 1.94. The molecule has 1 aromatic rings. The van der Waals surface area contributed by atoms with Crippen LogP contribution < -0.4 is 9.64 Å². The van der Waals surface area contributed by atoms with Crippen molar-refractivity contribution >= 4 is 5.69 Å². The summed E-state index contributed by atoms with van der Waals surface area (Å²) in [7, 11) is 0. The Balaban J connectivity index is 2.87. The average Bonchev–Trinajstić information content (AvgIpc) is 2.18. The van der Waals surface area contributed by atoms with Crippen molar-refractivity contribution in [2.24, 2.45) is 0 Å². The van der Waals surface area contributed by atoms with Crippen LogP contribution >= 0.6 is 0 Å². The van der Waals surface area contributed by atoms with Gasteiger partial charge in [-0.1, -0.05) is 13.2 Å². The lowest BCUT2D eigenvalue weighted by molar-refractivity contribution is -0.274. The predicted molar refractivity (Wildman–Crippen MR) is 60.6 cm³/mol. The standard InChI is InChI=1S/C12H12F3NO/c1-4-16(9(2)3)10-5-7-11(8-6-10)17-12(13,14)15/h4-8H,1-2H2,3H3. The van der Waals surface area contributed by atoms with E-state index in [2.05, 4.69) is 17.9 Å². The van der Waals surface area contributed by atoms with Crippen molar-refractivity contribution in [1.82, 2.24) is 0 Å². The Labute approximate surface area is 97.6 Å². The molecule has 0 unspecified atom stereocenters. The van der Waals surface area contributed by atoms with Gasteiger partial charge in [0.15, 0.2) is 0 Å². The Morgan fingerprint density at radius 1 is 1.29 bits per heavy atom. The third-order valence-corrected chi connectivity index (χ3v) is 1.94. The number of halogens is 3. The van der Waals surface area contributed by atoms with Crippen LogP contribution in [0, 0.1) is 0 Å². The minimum absolute atomic E-state index is 0.257. The molecule has 0 saturated carbocycles. The van der Waals surface area contributed by atoms with Gasteiger partial charge in [-0.25, -0.2) is 0 Å². The molecule has 17 heavy (non-hydrogen) atoms. The topological polar surface area (TPSA) is 12.5 Å². The fourth-order valence-corrected chi connectivity index (χ4v) is 1.29.